The Morgan fingerprint density at radius 2 is 0.911 bits per heavy atom. The first-order chi connectivity index (χ1) is 27.8. The molecule has 0 spiro atoms. The number of anilines is 3. The first-order valence-corrected chi connectivity index (χ1v) is 19.3. The van der Waals surface area contributed by atoms with Gasteiger partial charge in [0.1, 0.15) is 0 Å². The van der Waals surface area contributed by atoms with Crippen molar-refractivity contribution in [2.75, 3.05) is 4.90 Å². The van der Waals surface area contributed by atoms with E-state index in [1.165, 1.54) is 76.4 Å². The molecular weight excluding hydrogens is 677 g/mol. The average molecular weight is 713 g/mol. The number of hydrogen-bond acceptors (Lipinski definition) is 1. The van der Waals surface area contributed by atoms with E-state index in [4.69, 9.17) is 0 Å². The molecule has 262 valence electrons. The second-order valence-electron chi connectivity index (χ2n) is 14.5. The summed E-state index contributed by atoms with van der Waals surface area (Å²) in [6, 6.07) is 79.4. The Bertz CT molecular complexity index is 3230. The molecule has 0 radical (unpaired) electrons. The highest BCUT2D eigenvalue weighted by Gasteiger charge is 2.19. The molecule has 1 aromatic heterocycles. The minimum atomic E-state index is 1.11. The van der Waals surface area contributed by atoms with Crippen LogP contribution in [0.2, 0.25) is 0 Å². The van der Waals surface area contributed by atoms with Crippen LogP contribution in [0.4, 0.5) is 17.1 Å². The van der Waals surface area contributed by atoms with Gasteiger partial charge < -0.3 is 9.47 Å². The maximum absolute atomic E-state index is 2.41. The van der Waals surface area contributed by atoms with Gasteiger partial charge in [-0.3, -0.25) is 0 Å². The Morgan fingerprint density at radius 1 is 0.321 bits per heavy atom. The van der Waals surface area contributed by atoms with E-state index in [0.29, 0.717) is 0 Å². The second kappa shape index (κ2) is 13.2. The molecule has 2 nitrogen and oxygen atoms in total. The third-order valence-electron chi connectivity index (χ3n) is 11.4. The van der Waals surface area contributed by atoms with Crippen LogP contribution in [0, 0.1) is 0 Å². The van der Waals surface area contributed by atoms with Crippen molar-refractivity contribution >= 4 is 71.2 Å². The lowest BCUT2D eigenvalue weighted by Crippen LogP contribution is -2.10. The fourth-order valence-corrected chi connectivity index (χ4v) is 8.71. The Kier molecular flexibility index (Phi) is 7.53. The lowest BCUT2D eigenvalue weighted by molar-refractivity contribution is 1.18. The summed E-state index contributed by atoms with van der Waals surface area (Å²) in [6.45, 7) is 0. The van der Waals surface area contributed by atoms with Crippen LogP contribution < -0.4 is 4.90 Å². The van der Waals surface area contributed by atoms with E-state index in [9.17, 15) is 0 Å². The van der Waals surface area contributed by atoms with E-state index < -0.39 is 0 Å². The first kappa shape index (κ1) is 32.0. The molecule has 0 unspecified atom stereocenters. The smallest absolute Gasteiger partial charge is 0.0547 e. The molecule has 10 aromatic carbocycles. The number of hydrogen-bond donors (Lipinski definition) is 0. The maximum Gasteiger partial charge on any atom is 0.0547 e. The average Bonchev–Trinajstić information content (AvgIpc) is 3.62. The van der Waals surface area contributed by atoms with E-state index in [-0.39, 0.29) is 0 Å². The van der Waals surface area contributed by atoms with E-state index in [0.717, 1.165) is 22.7 Å². The van der Waals surface area contributed by atoms with Gasteiger partial charge in [0.05, 0.1) is 16.7 Å². The molecule has 11 aromatic rings. The minimum Gasteiger partial charge on any atom is -0.310 e. The van der Waals surface area contributed by atoms with Crippen molar-refractivity contribution in [3.05, 3.63) is 218 Å². The monoisotopic (exact) mass is 712 g/mol. The van der Waals surface area contributed by atoms with E-state index in [1.807, 2.05) is 0 Å². The number of fused-ring (bicyclic) bond motifs is 7. The summed E-state index contributed by atoms with van der Waals surface area (Å²) >= 11 is 0. The van der Waals surface area contributed by atoms with Gasteiger partial charge in [-0.25, -0.2) is 0 Å². The lowest BCUT2D eigenvalue weighted by Gasteiger charge is -2.27. The van der Waals surface area contributed by atoms with E-state index in [2.05, 4.69) is 228 Å². The van der Waals surface area contributed by atoms with Crippen molar-refractivity contribution in [3.8, 4) is 27.9 Å². The molecule has 0 saturated heterocycles. The summed E-state index contributed by atoms with van der Waals surface area (Å²) in [5, 5.41) is 10.0. The molecule has 11 rings (SSSR count). The molecule has 0 aliphatic heterocycles. The minimum absolute atomic E-state index is 1.11. The van der Waals surface area contributed by atoms with Crippen LogP contribution in [0.15, 0.2) is 218 Å². The first-order valence-electron chi connectivity index (χ1n) is 19.3. The Balaban J connectivity index is 1.00. The van der Waals surface area contributed by atoms with Crippen LogP contribution in [0.3, 0.4) is 0 Å². The standard InChI is InChI=1S/C54H36N2/c1-2-15-43(16-3-1)55(44-29-24-38(25-30-44)42-23-22-37-12-4-5-14-41(37)36-42)52-35-33-46(48-18-8-9-19-49(48)52)40-26-31-45(32-27-40)56-51-21-11-10-20-50(51)54-47-17-7-6-13-39(47)28-34-53(54)56/h1-36H. The van der Waals surface area contributed by atoms with Crippen molar-refractivity contribution in [3.63, 3.8) is 0 Å². The zero-order valence-corrected chi connectivity index (χ0v) is 30.7. The summed E-state index contributed by atoms with van der Waals surface area (Å²) in [7, 11) is 0. The largest absolute Gasteiger partial charge is 0.310 e. The SMILES string of the molecule is c1ccc(N(c2ccc(-c3ccc4ccccc4c3)cc2)c2ccc(-c3ccc(-n4c5ccccc5c5c6ccccc6ccc54)cc3)c3ccccc23)cc1. The number of para-hydroxylation sites is 2. The van der Waals surface area contributed by atoms with Crippen molar-refractivity contribution in [2.24, 2.45) is 0 Å². The Morgan fingerprint density at radius 3 is 1.71 bits per heavy atom. The van der Waals surface area contributed by atoms with Gasteiger partial charge in [0.2, 0.25) is 0 Å². The number of rotatable bonds is 6. The van der Waals surface area contributed by atoms with Gasteiger partial charge in [0, 0.05) is 33.2 Å². The third-order valence-corrected chi connectivity index (χ3v) is 11.4. The second-order valence-corrected chi connectivity index (χ2v) is 14.5. The van der Waals surface area contributed by atoms with Crippen molar-refractivity contribution in [1.82, 2.24) is 4.57 Å². The van der Waals surface area contributed by atoms with Crippen molar-refractivity contribution in [1.29, 1.82) is 0 Å². The molecule has 0 bridgehead atoms. The zero-order valence-electron chi connectivity index (χ0n) is 30.7. The molecule has 0 aliphatic rings. The van der Waals surface area contributed by atoms with Crippen LogP contribution in [-0.2, 0) is 0 Å². The maximum atomic E-state index is 2.41. The molecule has 1 heterocycles. The summed E-state index contributed by atoms with van der Waals surface area (Å²) < 4.78 is 2.41. The Hall–Kier alpha value is -7.42. The molecule has 0 saturated carbocycles. The zero-order chi connectivity index (χ0) is 37.0. The van der Waals surface area contributed by atoms with Gasteiger partial charge in [-0.1, -0.05) is 158 Å². The van der Waals surface area contributed by atoms with Crippen LogP contribution in [-0.4, -0.2) is 4.57 Å². The van der Waals surface area contributed by atoms with Gasteiger partial charge in [0.25, 0.3) is 0 Å². The highest BCUT2D eigenvalue weighted by atomic mass is 15.1. The Labute approximate surface area is 325 Å². The highest BCUT2D eigenvalue weighted by molar-refractivity contribution is 6.21. The molecule has 0 amide bonds. The van der Waals surface area contributed by atoms with Gasteiger partial charge in [0.15, 0.2) is 0 Å². The van der Waals surface area contributed by atoms with Crippen LogP contribution >= 0.6 is 0 Å². The van der Waals surface area contributed by atoms with Gasteiger partial charge >= 0.3 is 0 Å². The van der Waals surface area contributed by atoms with E-state index in [1.54, 1.807) is 0 Å². The molecule has 0 N–H and O–H groups in total. The summed E-state index contributed by atoms with van der Waals surface area (Å²) in [6.07, 6.45) is 0. The molecular formula is C54H36N2. The molecule has 56 heavy (non-hydrogen) atoms. The topological polar surface area (TPSA) is 8.17 Å². The van der Waals surface area contributed by atoms with Crippen molar-refractivity contribution in [2.45, 2.75) is 0 Å². The quantitative estimate of drug-likeness (QED) is 0.167. The van der Waals surface area contributed by atoms with Gasteiger partial charge in [-0.2, -0.15) is 0 Å². The molecule has 2 heteroatoms. The lowest BCUT2D eigenvalue weighted by atomic mass is 9.96. The summed E-state index contributed by atoms with van der Waals surface area (Å²) in [4.78, 5) is 2.38. The molecule has 0 fully saturated rings. The van der Waals surface area contributed by atoms with Crippen LogP contribution in [0.25, 0.3) is 82.1 Å². The number of benzene rings is 10. The third kappa shape index (κ3) is 5.26. The number of aromatic nitrogens is 1. The number of nitrogens with zero attached hydrogens (tertiary/aromatic N) is 2. The molecule has 0 atom stereocenters. The predicted octanol–water partition coefficient (Wildman–Crippen LogP) is 15.0. The van der Waals surface area contributed by atoms with Crippen LogP contribution in [0.1, 0.15) is 0 Å². The van der Waals surface area contributed by atoms with E-state index >= 15 is 0 Å². The normalized spacial score (nSPS) is 11.6. The summed E-state index contributed by atoms with van der Waals surface area (Å²) in [5.41, 5.74) is 11.8. The van der Waals surface area contributed by atoms with Crippen LogP contribution in [0.5, 0.6) is 0 Å². The predicted molar refractivity (Wildman–Crippen MR) is 239 cm³/mol. The fraction of sp³-hybridized carbons (Fsp3) is 0. The summed E-state index contributed by atoms with van der Waals surface area (Å²) in [5.74, 6) is 0. The highest BCUT2D eigenvalue weighted by Crippen LogP contribution is 2.43. The van der Waals surface area contributed by atoms with Gasteiger partial charge in [-0.05, 0) is 110 Å². The molecule has 0 aliphatic carbocycles. The fourth-order valence-electron chi connectivity index (χ4n) is 8.71. The van der Waals surface area contributed by atoms with Crippen molar-refractivity contribution < 1.29 is 0 Å². The van der Waals surface area contributed by atoms with Gasteiger partial charge in [-0.15, -0.1) is 0 Å².